The Morgan fingerprint density at radius 2 is 2.06 bits per heavy atom. The minimum atomic E-state index is -0.415. The SMILES string of the molecule is Cc1[nH]c2c(CC3(O)CC3)cccc2c1C. The van der Waals surface area contributed by atoms with Gasteiger partial charge >= 0.3 is 0 Å². The number of benzene rings is 1. The first-order valence-electron chi connectivity index (χ1n) is 5.88. The number of H-pyrrole nitrogens is 1. The van der Waals surface area contributed by atoms with Crippen LogP contribution in [0.25, 0.3) is 10.9 Å². The van der Waals surface area contributed by atoms with Gasteiger partial charge in [-0.1, -0.05) is 18.2 Å². The summed E-state index contributed by atoms with van der Waals surface area (Å²) in [4.78, 5) is 3.43. The predicted octanol–water partition coefficient (Wildman–Crippen LogP) is 2.85. The monoisotopic (exact) mass is 215 g/mol. The summed E-state index contributed by atoms with van der Waals surface area (Å²) >= 11 is 0. The molecular weight excluding hydrogens is 198 g/mol. The summed E-state index contributed by atoms with van der Waals surface area (Å²) in [6, 6.07) is 6.35. The minimum absolute atomic E-state index is 0.415. The number of para-hydroxylation sites is 1. The maximum Gasteiger partial charge on any atom is 0.0690 e. The van der Waals surface area contributed by atoms with Crippen LogP contribution < -0.4 is 0 Å². The van der Waals surface area contributed by atoms with E-state index in [2.05, 4.69) is 37.0 Å². The zero-order valence-corrected chi connectivity index (χ0v) is 9.80. The standard InChI is InChI=1S/C14H17NO/c1-9-10(2)15-13-11(4-3-5-12(9)13)8-14(16)6-7-14/h3-5,15-16H,6-8H2,1-2H3. The van der Waals surface area contributed by atoms with Crippen molar-refractivity contribution >= 4 is 10.9 Å². The van der Waals surface area contributed by atoms with Crippen LogP contribution in [0.3, 0.4) is 0 Å². The van der Waals surface area contributed by atoms with Gasteiger partial charge in [-0.2, -0.15) is 0 Å². The quantitative estimate of drug-likeness (QED) is 0.794. The number of aromatic amines is 1. The Balaban J connectivity index is 2.13. The van der Waals surface area contributed by atoms with Crippen LogP contribution in [0.5, 0.6) is 0 Å². The zero-order chi connectivity index (χ0) is 11.3. The van der Waals surface area contributed by atoms with Crippen molar-refractivity contribution in [2.75, 3.05) is 0 Å². The van der Waals surface area contributed by atoms with E-state index in [9.17, 15) is 5.11 Å². The van der Waals surface area contributed by atoms with E-state index in [1.54, 1.807) is 0 Å². The summed E-state index contributed by atoms with van der Waals surface area (Å²) in [5.41, 5.74) is 4.58. The highest BCUT2D eigenvalue weighted by Crippen LogP contribution is 2.39. The molecule has 1 heterocycles. The highest BCUT2D eigenvalue weighted by atomic mass is 16.3. The summed E-state index contributed by atoms with van der Waals surface area (Å²) in [6.07, 6.45) is 2.67. The molecule has 16 heavy (non-hydrogen) atoms. The molecule has 1 aliphatic rings. The number of fused-ring (bicyclic) bond motifs is 1. The highest BCUT2D eigenvalue weighted by molar-refractivity contribution is 5.87. The molecule has 0 saturated heterocycles. The third-order valence-electron chi connectivity index (χ3n) is 3.78. The van der Waals surface area contributed by atoms with Gasteiger partial charge in [0, 0.05) is 23.0 Å². The van der Waals surface area contributed by atoms with Crippen molar-refractivity contribution in [1.82, 2.24) is 4.98 Å². The van der Waals surface area contributed by atoms with Crippen LogP contribution in [0.2, 0.25) is 0 Å². The fourth-order valence-electron chi connectivity index (χ4n) is 2.37. The molecule has 1 aromatic carbocycles. The molecule has 0 spiro atoms. The Hall–Kier alpha value is -1.28. The average molecular weight is 215 g/mol. The first-order chi connectivity index (χ1) is 7.59. The van der Waals surface area contributed by atoms with Crippen LogP contribution in [-0.4, -0.2) is 15.7 Å². The van der Waals surface area contributed by atoms with Gasteiger partial charge in [0.15, 0.2) is 0 Å². The second-order valence-corrected chi connectivity index (χ2v) is 5.12. The molecule has 0 amide bonds. The van der Waals surface area contributed by atoms with Crippen molar-refractivity contribution in [3.8, 4) is 0 Å². The van der Waals surface area contributed by atoms with E-state index in [0.717, 1.165) is 19.3 Å². The zero-order valence-electron chi connectivity index (χ0n) is 9.80. The molecule has 2 N–H and O–H groups in total. The third-order valence-corrected chi connectivity index (χ3v) is 3.78. The van der Waals surface area contributed by atoms with E-state index in [1.807, 2.05) is 0 Å². The molecule has 0 aliphatic heterocycles. The molecule has 84 valence electrons. The van der Waals surface area contributed by atoms with E-state index in [0.29, 0.717) is 0 Å². The molecule has 3 rings (SSSR count). The summed E-state index contributed by atoms with van der Waals surface area (Å²) in [7, 11) is 0. The van der Waals surface area contributed by atoms with E-state index in [1.165, 1.54) is 27.7 Å². The molecule has 0 radical (unpaired) electrons. The van der Waals surface area contributed by atoms with Gasteiger partial charge in [-0.15, -0.1) is 0 Å². The van der Waals surface area contributed by atoms with Gasteiger partial charge in [-0.05, 0) is 37.8 Å². The van der Waals surface area contributed by atoms with Crippen molar-refractivity contribution in [3.05, 3.63) is 35.0 Å². The third kappa shape index (κ3) is 1.45. The van der Waals surface area contributed by atoms with Gasteiger partial charge < -0.3 is 10.1 Å². The van der Waals surface area contributed by atoms with Crippen LogP contribution in [0, 0.1) is 13.8 Å². The van der Waals surface area contributed by atoms with Crippen LogP contribution in [-0.2, 0) is 6.42 Å². The number of aliphatic hydroxyl groups is 1. The molecular formula is C14H17NO. The lowest BCUT2D eigenvalue weighted by Gasteiger charge is -2.08. The van der Waals surface area contributed by atoms with Crippen LogP contribution in [0.1, 0.15) is 29.7 Å². The van der Waals surface area contributed by atoms with Crippen molar-refractivity contribution in [3.63, 3.8) is 0 Å². The van der Waals surface area contributed by atoms with Gasteiger partial charge in [-0.25, -0.2) is 0 Å². The molecule has 0 atom stereocenters. The number of aromatic nitrogens is 1. The van der Waals surface area contributed by atoms with Gasteiger partial charge in [0.25, 0.3) is 0 Å². The Morgan fingerprint density at radius 3 is 2.75 bits per heavy atom. The molecule has 1 aliphatic carbocycles. The van der Waals surface area contributed by atoms with E-state index < -0.39 is 5.60 Å². The lowest BCUT2D eigenvalue weighted by atomic mass is 10.0. The molecule has 2 heteroatoms. The maximum atomic E-state index is 10.0. The smallest absolute Gasteiger partial charge is 0.0690 e. The maximum absolute atomic E-state index is 10.0. The average Bonchev–Trinajstić information content (AvgIpc) is 2.90. The summed E-state index contributed by atoms with van der Waals surface area (Å²) < 4.78 is 0. The molecule has 0 unspecified atom stereocenters. The number of aryl methyl sites for hydroxylation is 2. The summed E-state index contributed by atoms with van der Waals surface area (Å²) in [6.45, 7) is 4.24. The fourth-order valence-corrected chi connectivity index (χ4v) is 2.37. The highest BCUT2D eigenvalue weighted by Gasteiger charge is 2.40. The second kappa shape index (κ2) is 3.11. The molecule has 1 fully saturated rings. The van der Waals surface area contributed by atoms with E-state index in [4.69, 9.17) is 0 Å². The van der Waals surface area contributed by atoms with Crippen LogP contribution >= 0.6 is 0 Å². The van der Waals surface area contributed by atoms with Gasteiger partial charge in [0.2, 0.25) is 0 Å². The molecule has 1 aromatic heterocycles. The largest absolute Gasteiger partial charge is 0.390 e. The van der Waals surface area contributed by atoms with Crippen molar-refractivity contribution in [2.24, 2.45) is 0 Å². The van der Waals surface area contributed by atoms with Crippen LogP contribution in [0.4, 0.5) is 0 Å². The van der Waals surface area contributed by atoms with Crippen molar-refractivity contribution in [1.29, 1.82) is 0 Å². The summed E-state index contributed by atoms with van der Waals surface area (Å²) in [5, 5.41) is 11.3. The Morgan fingerprint density at radius 1 is 1.31 bits per heavy atom. The number of rotatable bonds is 2. The Kier molecular flexibility index (Phi) is 1.93. The van der Waals surface area contributed by atoms with Crippen molar-refractivity contribution in [2.45, 2.75) is 38.7 Å². The predicted molar refractivity (Wildman–Crippen MR) is 65.7 cm³/mol. The van der Waals surface area contributed by atoms with Crippen LogP contribution in [0.15, 0.2) is 18.2 Å². The Labute approximate surface area is 95.3 Å². The van der Waals surface area contributed by atoms with E-state index >= 15 is 0 Å². The first-order valence-corrected chi connectivity index (χ1v) is 5.88. The molecule has 0 bridgehead atoms. The lowest BCUT2D eigenvalue weighted by Crippen LogP contribution is -2.10. The first kappa shape index (κ1) is 9.91. The topological polar surface area (TPSA) is 36.0 Å². The molecule has 2 nitrogen and oxygen atoms in total. The van der Waals surface area contributed by atoms with Gasteiger partial charge in [-0.3, -0.25) is 0 Å². The number of hydrogen-bond acceptors (Lipinski definition) is 1. The number of hydrogen-bond donors (Lipinski definition) is 2. The van der Waals surface area contributed by atoms with Gasteiger partial charge in [0.1, 0.15) is 0 Å². The lowest BCUT2D eigenvalue weighted by molar-refractivity contribution is 0.151. The van der Waals surface area contributed by atoms with E-state index in [-0.39, 0.29) is 0 Å². The number of nitrogens with one attached hydrogen (secondary N) is 1. The normalized spacial score (nSPS) is 17.9. The van der Waals surface area contributed by atoms with Gasteiger partial charge in [0.05, 0.1) is 5.60 Å². The summed E-state index contributed by atoms with van der Waals surface area (Å²) in [5.74, 6) is 0. The second-order valence-electron chi connectivity index (χ2n) is 5.12. The molecule has 1 saturated carbocycles. The van der Waals surface area contributed by atoms with Crippen molar-refractivity contribution < 1.29 is 5.11 Å². The minimum Gasteiger partial charge on any atom is -0.390 e. The Bertz CT molecular complexity index is 549. The molecule has 2 aromatic rings. The fraction of sp³-hybridized carbons (Fsp3) is 0.429.